The zero-order valence-corrected chi connectivity index (χ0v) is 13.3. The molecule has 0 saturated heterocycles. The average molecular weight is 343 g/mol. The van der Waals surface area contributed by atoms with E-state index in [1.165, 1.54) is 11.8 Å². The van der Waals surface area contributed by atoms with Crippen LogP contribution in [-0.4, -0.2) is 17.3 Å². The van der Waals surface area contributed by atoms with E-state index in [0.29, 0.717) is 27.1 Å². The van der Waals surface area contributed by atoms with Gasteiger partial charge in [-0.1, -0.05) is 40.5 Å². The molecule has 0 heterocycles. The second kappa shape index (κ2) is 6.93. The van der Waals surface area contributed by atoms with Crippen molar-refractivity contribution >= 4 is 40.8 Å². The number of nitrogens with zero attached hydrogens (tertiary/aromatic N) is 1. The summed E-state index contributed by atoms with van der Waals surface area (Å²) in [6.07, 6.45) is 1.89. The Labute approximate surface area is 136 Å². The summed E-state index contributed by atoms with van der Waals surface area (Å²) < 4.78 is 5.78. The van der Waals surface area contributed by atoms with Crippen LogP contribution in [-0.2, 0) is 0 Å². The van der Waals surface area contributed by atoms with Crippen LogP contribution >= 0.6 is 35.0 Å². The van der Waals surface area contributed by atoms with E-state index in [1.54, 1.807) is 24.3 Å². The van der Waals surface area contributed by atoms with Crippen molar-refractivity contribution in [3.05, 3.63) is 52.0 Å². The Balaban J connectivity index is 2.52. The van der Waals surface area contributed by atoms with Crippen molar-refractivity contribution in [3.63, 3.8) is 0 Å². The van der Waals surface area contributed by atoms with Crippen LogP contribution in [0.4, 0.5) is 0 Å². The molecule has 0 aliphatic rings. The van der Waals surface area contributed by atoms with Gasteiger partial charge in [0.05, 0.1) is 10.6 Å². The van der Waals surface area contributed by atoms with Gasteiger partial charge in [0.2, 0.25) is 0 Å². The minimum atomic E-state index is -0.0342. The molecule has 4 nitrogen and oxygen atoms in total. The maximum atomic E-state index is 8.95. The van der Waals surface area contributed by atoms with Gasteiger partial charge in [0.15, 0.2) is 5.84 Å². The van der Waals surface area contributed by atoms with E-state index in [0.717, 1.165) is 4.90 Å². The first-order valence-electron chi connectivity index (χ1n) is 5.85. The molecule has 3 N–H and O–H groups in total. The molecule has 0 radical (unpaired) electrons. The molecule has 0 aliphatic heterocycles. The molecule has 0 amide bonds. The van der Waals surface area contributed by atoms with Gasteiger partial charge in [-0.2, -0.15) is 0 Å². The monoisotopic (exact) mass is 342 g/mol. The minimum Gasteiger partial charge on any atom is -0.455 e. The third-order valence-electron chi connectivity index (χ3n) is 2.71. The lowest BCUT2D eigenvalue weighted by Crippen LogP contribution is -2.15. The molecule has 0 saturated carbocycles. The first kappa shape index (κ1) is 15.8. The van der Waals surface area contributed by atoms with Crippen molar-refractivity contribution in [2.45, 2.75) is 4.90 Å². The van der Waals surface area contributed by atoms with Crippen LogP contribution < -0.4 is 10.5 Å². The quantitative estimate of drug-likeness (QED) is 0.280. The summed E-state index contributed by atoms with van der Waals surface area (Å²) in [4.78, 5) is 0.820. The Hall–Kier alpha value is -1.56. The van der Waals surface area contributed by atoms with E-state index in [-0.39, 0.29) is 5.84 Å². The molecule has 0 spiro atoms. The fourth-order valence-electron chi connectivity index (χ4n) is 1.75. The van der Waals surface area contributed by atoms with Crippen molar-refractivity contribution in [3.8, 4) is 11.5 Å². The topological polar surface area (TPSA) is 67.8 Å². The van der Waals surface area contributed by atoms with Crippen LogP contribution in [0.1, 0.15) is 5.56 Å². The van der Waals surface area contributed by atoms with Crippen LogP contribution in [0.2, 0.25) is 10.0 Å². The number of oxime groups is 1. The third kappa shape index (κ3) is 3.37. The molecule has 110 valence electrons. The van der Waals surface area contributed by atoms with Gasteiger partial charge in [0, 0.05) is 4.90 Å². The molecule has 2 aromatic rings. The summed E-state index contributed by atoms with van der Waals surface area (Å²) in [5.74, 6) is 0.795. The number of benzene rings is 2. The number of thioether (sulfide) groups is 1. The van der Waals surface area contributed by atoms with Gasteiger partial charge < -0.3 is 15.7 Å². The summed E-state index contributed by atoms with van der Waals surface area (Å²) in [5, 5.41) is 12.7. The van der Waals surface area contributed by atoms with Crippen LogP contribution in [0.25, 0.3) is 0 Å². The molecule has 0 unspecified atom stereocenters. The first-order valence-corrected chi connectivity index (χ1v) is 7.83. The van der Waals surface area contributed by atoms with E-state index in [1.807, 2.05) is 18.4 Å². The van der Waals surface area contributed by atoms with Crippen LogP contribution in [0.15, 0.2) is 46.4 Å². The summed E-state index contributed by atoms with van der Waals surface area (Å²) in [6.45, 7) is 0. The van der Waals surface area contributed by atoms with Crippen LogP contribution in [0.3, 0.4) is 0 Å². The normalized spacial score (nSPS) is 11.5. The molecular formula is C14H12Cl2N2O2S. The van der Waals surface area contributed by atoms with Gasteiger partial charge in [-0.25, -0.2) is 0 Å². The second-order valence-electron chi connectivity index (χ2n) is 3.97. The molecule has 0 fully saturated rings. The highest BCUT2D eigenvalue weighted by Gasteiger charge is 2.16. The number of amidine groups is 1. The predicted molar refractivity (Wildman–Crippen MR) is 87.3 cm³/mol. The van der Waals surface area contributed by atoms with Gasteiger partial charge in [0.1, 0.15) is 16.5 Å². The van der Waals surface area contributed by atoms with Crippen LogP contribution in [0.5, 0.6) is 11.5 Å². The van der Waals surface area contributed by atoms with Gasteiger partial charge in [-0.3, -0.25) is 0 Å². The highest BCUT2D eigenvalue weighted by atomic mass is 35.5. The van der Waals surface area contributed by atoms with E-state index < -0.39 is 0 Å². The van der Waals surface area contributed by atoms with Crippen molar-refractivity contribution in [1.82, 2.24) is 0 Å². The Morgan fingerprint density at radius 3 is 2.52 bits per heavy atom. The van der Waals surface area contributed by atoms with E-state index in [2.05, 4.69) is 5.16 Å². The largest absolute Gasteiger partial charge is 0.455 e. The van der Waals surface area contributed by atoms with E-state index in [9.17, 15) is 0 Å². The van der Waals surface area contributed by atoms with Crippen molar-refractivity contribution in [2.75, 3.05) is 6.26 Å². The zero-order valence-electron chi connectivity index (χ0n) is 11.0. The molecule has 21 heavy (non-hydrogen) atoms. The van der Waals surface area contributed by atoms with Crippen LogP contribution in [0, 0.1) is 0 Å². The molecule has 0 bridgehead atoms. The smallest absolute Gasteiger partial charge is 0.175 e. The fraction of sp³-hybridized carbons (Fsp3) is 0.0714. The minimum absolute atomic E-state index is 0.0342. The van der Waals surface area contributed by atoms with Gasteiger partial charge >= 0.3 is 0 Å². The van der Waals surface area contributed by atoms with Gasteiger partial charge in [-0.15, -0.1) is 11.8 Å². The third-order valence-corrected chi connectivity index (χ3v) is 4.29. The van der Waals surface area contributed by atoms with E-state index in [4.69, 9.17) is 38.9 Å². The Morgan fingerprint density at radius 1 is 1.19 bits per heavy atom. The molecule has 2 rings (SSSR count). The average Bonchev–Trinajstić information content (AvgIpc) is 2.50. The SMILES string of the molecule is CSc1cccc(Oc2cccc(Cl)c2Cl)c1/C(N)=N/O. The number of halogens is 2. The Kier molecular flexibility index (Phi) is 5.22. The standard InChI is InChI=1S/C14H12Cl2N2O2S/c1-21-11-7-3-5-9(12(11)14(17)18-19)20-10-6-2-4-8(15)13(10)16/h2-7,19H,1H3,(H2,17,18). The lowest BCUT2D eigenvalue weighted by molar-refractivity contribution is 0.318. The maximum absolute atomic E-state index is 8.95. The Morgan fingerprint density at radius 2 is 1.86 bits per heavy atom. The van der Waals surface area contributed by atoms with E-state index >= 15 is 0 Å². The van der Waals surface area contributed by atoms with Crippen molar-refractivity contribution < 1.29 is 9.94 Å². The summed E-state index contributed by atoms with van der Waals surface area (Å²) >= 11 is 13.5. The van der Waals surface area contributed by atoms with Gasteiger partial charge in [0.25, 0.3) is 0 Å². The molecule has 0 atom stereocenters. The zero-order chi connectivity index (χ0) is 15.4. The highest BCUT2D eigenvalue weighted by molar-refractivity contribution is 7.98. The maximum Gasteiger partial charge on any atom is 0.175 e. The van der Waals surface area contributed by atoms with Gasteiger partial charge in [-0.05, 0) is 30.5 Å². The summed E-state index contributed by atoms with van der Waals surface area (Å²) in [5.41, 5.74) is 6.24. The molecule has 0 aliphatic carbocycles. The molecule has 0 aromatic heterocycles. The summed E-state index contributed by atoms with van der Waals surface area (Å²) in [7, 11) is 0. The number of hydrogen-bond donors (Lipinski definition) is 2. The lowest BCUT2D eigenvalue weighted by atomic mass is 10.2. The highest BCUT2D eigenvalue weighted by Crippen LogP contribution is 2.37. The fourth-order valence-corrected chi connectivity index (χ4v) is 2.70. The number of hydrogen-bond acceptors (Lipinski definition) is 4. The first-order chi connectivity index (χ1) is 10.1. The number of nitrogens with two attached hydrogens (primary N) is 1. The molecule has 7 heteroatoms. The molecular weight excluding hydrogens is 331 g/mol. The number of rotatable bonds is 4. The number of ether oxygens (including phenoxy) is 1. The van der Waals surface area contributed by atoms with Crippen molar-refractivity contribution in [2.24, 2.45) is 10.9 Å². The lowest BCUT2D eigenvalue weighted by Gasteiger charge is -2.14. The second-order valence-corrected chi connectivity index (χ2v) is 5.61. The Bertz CT molecular complexity index is 693. The van der Waals surface area contributed by atoms with Crippen molar-refractivity contribution in [1.29, 1.82) is 0 Å². The molecule has 2 aromatic carbocycles. The predicted octanol–water partition coefficient (Wildman–Crippen LogP) is 4.60. The summed E-state index contributed by atoms with van der Waals surface area (Å²) in [6, 6.07) is 10.5.